The molecule has 1 aliphatic carbocycles. The van der Waals surface area contributed by atoms with Gasteiger partial charge in [0, 0.05) is 53.0 Å². The number of hydrogen-bond donors (Lipinski definition) is 1. The molecule has 1 fully saturated rings. The molecular weight excluding hydrogens is 292 g/mol. The summed E-state index contributed by atoms with van der Waals surface area (Å²) in [6.45, 7) is 0.849. The lowest BCUT2D eigenvalue weighted by Gasteiger charge is -2.04. The van der Waals surface area contributed by atoms with Gasteiger partial charge in [0.25, 0.3) is 0 Å². The Morgan fingerprint density at radius 3 is 2.61 bits per heavy atom. The standard InChI is InChI=1S/C13H13BrN4/c14-11-3-10(7-15-8-11)13-17-5-9(6-18-13)4-16-12-1-2-12/h3,5-8,12,16H,1-2,4H2. The van der Waals surface area contributed by atoms with Crippen LogP contribution < -0.4 is 5.32 Å². The van der Waals surface area contributed by atoms with Crippen molar-refractivity contribution in [3.63, 3.8) is 0 Å². The highest BCUT2D eigenvalue weighted by atomic mass is 79.9. The van der Waals surface area contributed by atoms with Gasteiger partial charge in [-0.1, -0.05) is 0 Å². The highest BCUT2D eigenvalue weighted by Crippen LogP contribution is 2.20. The van der Waals surface area contributed by atoms with Crippen LogP contribution in [0.15, 0.2) is 35.3 Å². The van der Waals surface area contributed by atoms with Crippen LogP contribution in [0.2, 0.25) is 0 Å². The number of aromatic nitrogens is 3. The molecule has 92 valence electrons. The van der Waals surface area contributed by atoms with Crippen molar-refractivity contribution in [1.29, 1.82) is 0 Å². The molecule has 2 aromatic heterocycles. The van der Waals surface area contributed by atoms with Gasteiger partial charge in [0.2, 0.25) is 0 Å². The van der Waals surface area contributed by atoms with Gasteiger partial charge >= 0.3 is 0 Å². The van der Waals surface area contributed by atoms with Gasteiger partial charge in [0.15, 0.2) is 5.82 Å². The van der Waals surface area contributed by atoms with E-state index in [1.54, 1.807) is 12.4 Å². The highest BCUT2D eigenvalue weighted by molar-refractivity contribution is 9.10. The van der Waals surface area contributed by atoms with Crippen LogP contribution in [0.25, 0.3) is 11.4 Å². The van der Waals surface area contributed by atoms with Crippen LogP contribution in [-0.4, -0.2) is 21.0 Å². The molecule has 1 saturated carbocycles. The Morgan fingerprint density at radius 1 is 1.17 bits per heavy atom. The lowest BCUT2D eigenvalue weighted by atomic mass is 10.2. The van der Waals surface area contributed by atoms with E-state index in [4.69, 9.17) is 0 Å². The molecule has 1 aliphatic rings. The van der Waals surface area contributed by atoms with Crippen molar-refractivity contribution in [1.82, 2.24) is 20.3 Å². The molecule has 0 atom stereocenters. The summed E-state index contributed by atoms with van der Waals surface area (Å²) in [7, 11) is 0. The van der Waals surface area contributed by atoms with Gasteiger partial charge in [-0.15, -0.1) is 0 Å². The molecule has 0 aliphatic heterocycles. The highest BCUT2D eigenvalue weighted by Gasteiger charge is 2.19. The number of hydrogen-bond acceptors (Lipinski definition) is 4. The van der Waals surface area contributed by atoms with E-state index in [0.717, 1.165) is 22.1 Å². The van der Waals surface area contributed by atoms with Crippen LogP contribution in [0, 0.1) is 0 Å². The molecule has 3 rings (SSSR count). The SMILES string of the molecule is Brc1cncc(-c2ncc(CNC3CC3)cn2)c1. The van der Waals surface area contributed by atoms with Crippen LogP contribution in [0.3, 0.4) is 0 Å². The largest absolute Gasteiger partial charge is 0.310 e. The summed E-state index contributed by atoms with van der Waals surface area (Å²) >= 11 is 3.39. The molecule has 0 amide bonds. The molecule has 18 heavy (non-hydrogen) atoms. The topological polar surface area (TPSA) is 50.7 Å². The predicted molar refractivity (Wildman–Crippen MR) is 72.8 cm³/mol. The Bertz CT molecular complexity index is 537. The Hall–Kier alpha value is -1.33. The van der Waals surface area contributed by atoms with Gasteiger partial charge in [0.1, 0.15) is 0 Å². The zero-order valence-corrected chi connectivity index (χ0v) is 11.4. The third-order valence-electron chi connectivity index (χ3n) is 2.84. The van der Waals surface area contributed by atoms with Gasteiger partial charge in [-0.2, -0.15) is 0 Å². The first-order valence-electron chi connectivity index (χ1n) is 5.96. The smallest absolute Gasteiger partial charge is 0.160 e. The minimum absolute atomic E-state index is 0.707. The zero-order chi connectivity index (χ0) is 12.4. The van der Waals surface area contributed by atoms with E-state index in [0.29, 0.717) is 11.9 Å². The van der Waals surface area contributed by atoms with Gasteiger partial charge in [-0.25, -0.2) is 9.97 Å². The quantitative estimate of drug-likeness (QED) is 0.943. The summed E-state index contributed by atoms with van der Waals surface area (Å²) in [5.74, 6) is 0.707. The fraction of sp³-hybridized carbons (Fsp3) is 0.308. The molecule has 2 heterocycles. The summed E-state index contributed by atoms with van der Waals surface area (Å²) in [6, 6.07) is 2.67. The summed E-state index contributed by atoms with van der Waals surface area (Å²) < 4.78 is 0.933. The Labute approximate surface area is 114 Å². The van der Waals surface area contributed by atoms with Crippen molar-refractivity contribution in [3.05, 3.63) is 40.9 Å². The molecular formula is C13H13BrN4. The molecule has 0 saturated heterocycles. The first-order chi connectivity index (χ1) is 8.81. The van der Waals surface area contributed by atoms with Gasteiger partial charge in [-0.3, -0.25) is 4.98 Å². The maximum Gasteiger partial charge on any atom is 0.160 e. The number of rotatable bonds is 4. The van der Waals surface area contributed by atoms with Crippen LogP contribution in [0.5, 0.6) is 0 Å². The van der Waals surface area contributed by atoms with E-state index in [-0.39, 0.29) is 0 Å². The summed E-state index contributed by atoms with van der Waals surface area (Å²) in [4.78, 5) is 12.9. The van der Waals surface area contributed by atoms with Crippen molar-refractivity contribution < 1.29 is 0 Å². The van der Waals surface area contributed by atoms with E-state index in [2.05, 4.69) is 36.2 Å². The second-order valence-electron chi connectivity index (χ2n) is 4.46. The van der Waals surface area contributed by atoms with E-state index in [1.165, 1.54) is 12.8 Å². The second kappa shape index (κ2) is 5.12. The van der Waals surface area contributed by atoms with Gasteiger partial charge in [-0.05, 0) is 34.8 Å². The minimum atomic E-state index is 0.707. The van der Waals surface area contributed by atoms with Crippen molar-refractivity contribution in [2.24, 2.45) is 0 Å². The predicted octanol–water partition coefficient (Wildman–Crippen LogP) is 2.55. The Morgan fingerprint density at radius 2 is 1.94 bits per heavy atom. The third-order valence-corrected chi connectivity index (χ3v) is 3.27. The molecule has 0 aromatic carbocycles. The number of halogens is 1. The maximum absolute atomic E-state index is 4.38. The minimum Gasteiger partial charge on any atom is -0.310 e. The summed E-state index contributed by atoms with van der Waals surface area (Å²) in [6.07, 6.45) is 9.85. The van der Waals surface area contributed by atoms with Gasteiger partial charge in [0.05, 0.1) is 0 Å². The maximum atomic E-state index is 4.38. The lowest BCUT2D eigenvalue weighted by Crippen LogP contribution is -2.15. The number of nitrogens with one attached hydrogen (secondary N) is 1. The first kappa shape index (κ1) is 11.7. The molecule has 0 bridgehead atoms. The molecule has 4 nitrogen and oxygen atoms in total. The van der Waals surface area contributed by atoms with Gasteiger partial charge < -0.3 is 5.32 Å². The van der Waals surface area contributed by atoms with Crippen LogP contribution in [-0.2, 0) is 6.54 Å². The van der Waals surface area contributed by atoms with Crippen molar-refractivity contribution in [3.8, 4) is 11.4 Å². The zero-order valence-electron chi connectivity index (χ0n) is 9.81. The fourth-order valence-corrected chi connectivity index (χ4v) is 2.04. The summed E-state index contributed by atoms with van der Waals surface area (Å²) in [5, 5.41) is 3.44. The Kier molecular flexibility index (Phi) is 3.34. The van der Waals surface area contributed by atoms with E-state index >= 15 is 0 Å². The van der Waals surface area contributed by atoms with Crippen molar-refractivity contribution in [2.75, 3.05) is 0 Å². The summed E-state index contributed by atoms with van der Waals surface area (Å²) in [5.41, 5.74) is 2.04. The molecule has 0 radical (unpaired) electrons. The molecule has 0 spiro atoms. The third kappa shape index (κ3) is 2.91. The molecule has 2 aromatic rings. The van der Waals surface area contributed by atoms with Crippen molar-refractivity contribution in [2.45, 2.75) is 25.4 Å². The van der Waals surface area contributed by atoms with Crippen molar-refractivity contribution >= 4 is 15.9 Å². The number of pyridine rings is 1. The second-order valence-corrected chi connectivity index (χ2v) is 5.38. The van der Waals surface area contributed by atoms with Crippen LogP contribution in [0.1, 0.15) is 18.4 Å². The number of nitrogens with zero attached hydrogens (tertiary/aromatic N) is 3. The Balaban J connectivity index is 1.73. The lowest BCUT2D eigenvalue weighted by molar-refractivity contribution is 0.683. The van der Waals surface area contributed by atoms with E-state index in [1.807, 2.05) is 18.5 Å². The average Bonchev–Trinajstić information content (AvgIpc) is 3.21. The van der Waals surface area contributed by atoms with E-state index < -0.39 is 0 Å². The monoisotopic (exact) mass is 304 g/mol. The fourth-order valence-electron chi connectivity index (χ4n) is 1.68. The first-order valence-corrected chi connectivity index (χ1v) is 6.76. The van der Waals surface area contributed by atoms with E-state index in [9.17, 15) is 0 Å². The molecule has 0 unspecified atom stereocenters. The average molecular weight is 305 g/mol. The molecule has 5 heteroatoms. The molecule has 1 N–H and O–H groups in total. The van der Waals surface area contributed by atoms with Crippen LogP contribution >= 0.6 is 15.9 Å². The normalized spacial score (nSPS) is 14.7. The van der Waals surface area contributed by atoms with Crippen LogP contribution in [0.4, 0.5) is 0 Å².